The third kappa shape index (κ3) is 3.80. The maximum absolute atomic E-state index is 12.5. The van der Waals surface area contributed by atoms with Crippen LogP contribution in [-0.4, -0.2) is 16.7 Å². The fourth-order valence-corrected chi connectivity index (χ4v) is 3.16. The van der Waals surface area contributed by atoms with Gasteiger partial charge in [0, 0.05) is 29.1 Å². The van der Waals surface area contributed by atoms with Gasteiger partial charge in [-0.3, -0.25) is 14.4 Å². The van der Waals surface area contributed by atoms with Crippen LogP contribution in [0.15, 0.2) is 29.1 Å². The Balaban J connectivity index is 0.00000243. The molecule has 1 aromatic carbocycles. The van der Waals surface area contributed by atoms with Crippen molar-refractivity contribution in [2.24, 2.45) is 5.41 Å². The Labute approximate surface area is 157 Å². The smallest absolute Gasteiger partial charge is 0.261 e. The number of ketones is 1. The summed E-state index contributed by atoms with van der Waals surface area (Å²) in [4.78, 5) is 40.0. The van der Waals surface area contributed by atoms with E-state index in [0.29, 0.717) is 35.5 Å². The lowest BCUT2D eigenvalue weighted by molar-refractivity contribution is 0.0910. The number of aromatic nitrogens is 1. The van der Waals surface area contributed by atoms with Gasteiger partial charge in [0.05, 0.1) is 0 Å². The van der Waals surface area contributed by atoms with Gasteiger partial charge in [0.15, 0.2) is 5.78 Å². The SMILES string of the molecule is Cc1ccc(N)cc1NC(=O)c1cc2c([nH]c1=O)CC(C)(C)CC2=O.Cl. The number of fused-ring (bicyclic) bond motifs is 1. The van der Waals surface area contributed by atoms with E-state index in [1.54, 1.807) is 18.2 Å². The Bertz CT molecular complexity index is 948. The highest BCUT2D eigenvalue weighted by molar-refractivity contribution is 6.07. The van der Waals surface area contributed by atoms with Crippen molar-refractivity contribution in [2.75, 3.05) is 11.1 Å². The van der Waals surface area contributed by atoms with E-state index in [1.807, 2.05) is 20.8 Å². The van der Waals surface area contributed by atoms with Crippen LogP contribution >= 0.6 is 12.4 Å². The summed E-state index contributed by atoms with van der Waals surface area (Å²) in [7, 11) is 0. The molecule has 26 heavy (non-hydrogen) atoms. The number of halogens is 1. The molecule has 0 aliphatic heterocycles. The number of anilines is 2. The van der Waals surface area contributed by atoms with Gasteiger partial charge in [0.1, 0.15) is 5.56 Å². The second-order valence-electron chi connectivity index (χ2n) is 7.37. The minimum absolute atomic E-state index is 0. The van der Waals surface area contributed by atoms with Crippen molar-refractivity contribution >= 4 is 35.5 Å². The third-order valence-electron chi connectivity index (χ3n) is 4.47. The standard InChI is InChI=1S/C19H21N3O3.ClH/c1-10-4-5-11(20)6-14(10)21-17(24)13-7-12-15(22-18(13)25)8-19(2,3)9-16(12)23;/h4-7H,8-9,20H2,1-3H3,(H,21,24)(H,22,25);1H. The number of Topliss-reactive ketones (excluding diaryl/α,β-unsaturated/α-hetero) is 1. The first-order valence-corrected chi connectivity index (χ1v) is 8.13. The van der Waals surface area contributed by atoms with E-state index < -0.39 is 11.5 Å². The molecule has 0 saturated heterocycles. The molecular weight excluding hydrogens is 354 g/mol. The quantitative estimate of drug-likeness (QED) is 0.701. The molecule has 1 amide bonds. The fraction of sp³-hybridized carbons (Fsp3) is 0.316. The average molecular weight is 376 g/mol. The number of carbonyl (C=O) groups excluding carboxylic acids is 2. The van der Waals surface area contributed by atoms with Crippen molar-refractivity contribution in [3.8, 4) is 0 Å². The number of nitrogen functional groups attached to an aromatic ring is 1. The summed E-state index contributed by atoms with van der Waals surface area (Å²) in [5, 5.41) is 2.70. The fourth-order valence-electron chi connectivity index (χ4n) is 3.16. The molecule has 6 nitrogen and oxygen atoms in total. The summed E-state index contributed by atoms with van der Waals surface area (Å²) in [5.74, 6) is -0.618. The number of pyridine rings is 1. The Morgan fingerprint density at radius 3 is 2.58 bits per heavy atom. The Morgan fingerprint density at radius 1 is 1.19 bits per heavy atom. The van der Waals surface area contributed by atoms with Crippen molar-refractivity contribution < 1.29 is 9.59 Å². The first-order valence-electron chi connectivity index (χ1n) is 8.13. The van der Waals surface area contributed by atoms with E-state index in [4.69, 9.17) is 5.73 Å². The molecule has 4 N–H and O–H groups in total. The van der Waals surface area contributed by atoms with E-state index in [-0.39, 0.29) is 29.2 Å². The summed E-state index contributed by atoms with van der Waals surface area (Å²) in [6.45, 7) is 5.79. The minimum Gasteiger partial charge on any atom is -0.399 e. The van der Waals surface area contributed by atoms with Gasteiger partial charge in [-0.25, -0.2) is 0 Å². The second-order valence-corrected chi connectivity index (χ2v) is 7.37. The maximum atomic E-state index is 12.5. The van der Waals surface area contributed by atoms with Gasteiger partial charge in [0.25, 0.3) is 11.5 Å². The molecule has 0 fully saturated rings. The average Bonchev–Trinajstić information content (AvgIpc) is 2.49. The molecule has 138 valence electrons. The minimum atomic E-state index is -0.560. The van der Waals surface area contributed by atoms with Crippen LogP contribution in [-0.2, 0) is 6.42 Å². The number of benzene rings is 1. The van der Waals surface area contributed by atoms with Crippen LogP contribution in [0.5, 0.6) is 0 Å². The summed E-state index contributed by atoms with van der Waals surface area (Å²) in [5.41, 5.74) is 7.87. The van der Waals surface area contributed by atoms with E-state index in [0.717, 1.165) is 5.56 Å². The second kappa shape index (κ2) is 6.96. The zero-order chi connectivity index (χ0) is 18.4. The van der Waals surface area contributed by atoms with Crippen LogP contribution in [0.1, 0.15) is 52.2 Å². The van der Waals surface area contributed by atoms with Crippen LogP contribution in [0, 0.1) is 12.3 Å². The Hall–Kier alpha value is -2.60. The number of nitrogens with two attached hydrogens (primary N) is 1. The molecule has 1 aromatic heterocycles. The van der Waals surface area contributed by atoms with Gasteiger partial charge < -0.3 is 16.0 Å². The monoisotopic (exact) mass is 375 g/mol. The van der Waals surface area contributed by atoms with E-state index in [9.17, 15) is 14.4 Å². The molecule has 0 saturated carbocycles. The van der Waals surface area contributed by atoms with Gasteiger partial charge in [-0.05, 0) is 42.5 Å². The number of aromatic amines is 1. The molecule has 0 atom stereocenters. The van der Waals surface area contributed by atoms with E-state index in [2.05, 4.69) is 10.3 Å². The maximum Gasteiger partial charge on any atom is 0.261 e. The van der Waals surface area contributed by atoms with Gasteiger partial charge >= 0.3 is 0 Å². The molecule has 3 rings (SSSR count). The predicted octanol–water partition coefficient (Wildman–Crippen LogP) is 3.09. The van der Waals surface area contributed by atoms with Gasteiger partial charge in [0.2, 0.25) is 0 Å². The zero-order valence-electron chi connectivity index (χ0n) is 14.9. The van der Waals surface area contributed by atoms with Gasteiger partial charge in [-0.15, -0.1) is 12.4 Å². The summed E-state index contributed by atoms with van der Waals surface area (Å²) in [6.07, 6.45) is 0.987. The number of hydrogen-bond donors (Lipinski definition) is 3. The van der Waals surface area contributed by atoms with Crippen LogP contribution in [0.4, 0.5) is 11.4 Å². The highest BCUT2D eigenvalue weighted by Gasteiger charge is 2.32. The highest BCUT2D eigenvalue weighted by atomic mass is 35.5. The van der Waals surface area contributed by atoms with Crippen molar-refractivity contribution in [2.45, 2.75) is 33.6 Å². The lowest BCUT2D eigenvalue weighted by atomic mass is 9.75. The predicted molar refractivity (Wildman–Crippen MR) is 104 cm³/mol. The number of rotatable bonds is 2. The molecule has 0 unspecified atom stereocenters. The third-order valence-corrected chi connectivity index (χ3v) is 4.47. The number of amides is 1. The van der Waals surface area contributed by atoms with Crippen molar-refractivity contribution in [3.05, 3.63) is 57.0 Å². The van der Waals surface area contributed by atoms with E-state index in [1.165, 1.54) is 6.07 Å². The number of nitrogens with one attached hydrogen (secondary N) is 2. The summed E-state index contributed by atoms with van der Waals surface area (Å²) < 4.78 is 0. The first kappa shape index (κ1) is 19.7. The molecule has 1 aliphatic rings. The number of carbonyl (C=O) groups is 2. The van der Waals surface area contributed by atoms with Gasteiger partial charge in [-0.2, -0.15) is 0 Å². The molecule has 0 spiro atoms. The molecule has 0 bridgehead atoms. The normalized spacial score (nSPS) is 15.0. The number of aryl methyl sites for hydroxylation is 1. The van der Waals surface area contributed by atoms with Crippen molar-refractivity contribution in [1.29, 1.82) is 0 Å². The molecular formula is C19H22ClN3O3. The summed E-state index contributed by atoms with van der Waals surface area (Å²) >= 11 is 0. The van der Waals surface area contributed by atoms with Crippen molar-refractivity contribution in [3.63, 3.8) is 0 Å². The molecule has 1 aliphatic carbocycles. The Kier molecular flexibility index (Phi) is 5.28. The lowest BCUT2D eigenvalue weighted by Crippen LogP contribution is -2.32. The van der Waals surface area contributed by atoms with Crippen LogP contribution < -0.4 is 16.6 Å². The summed E-state index contributed by atoms with van der Waals surface area (Å²) in [6, 6.07) is 6.56. The topological polar surface area (TPSA) is 105 Å². The first-order chi connectivity index (χ1) is 11.7. The van der Waals surface area contributed by atoms with E-state index >= 15 is 0 Å². The molecule has 1 heterocycles. The lowest BCUT2D eigenvalue weighted by Gasteiger charge is -2.29. The highest BCUT2D eigenvalue weighted by Crippen LogP contribution is 2.33. The zero-order valence-corrected chi connectivity index (χ0v) is 15.8. The van der Waals surface area contributed by atoms with Crippen molar-refractivity contribution in [1.82, 2.24) is 4.98 Å². The van der Waals surface area contributed by atoms with Gasteiger partial charge in [-0.1, -0.05) is 19.9 Å². The van der Waals surface area contributed by atoms with Crippen LogP contribution in [0.3, 0.4) is 0 Å². The van der Waals surface area contributed by atoms with Crippen LogP contribution in [0.25, 0.3) is 0 Å². The molecule has 2 aromatic rings. The van der Waals surface area contributed by atoms with Crippen LogP contribution in [0.2, 0.25) is 0 Å². The number of hydrogen-bond acceptors (Lipinski definition) is 4. The Morgan fingerprint density at radius 2 is 1.88 bits per heavy atom. The molecule has 7 heteroatoms. The number of H-pyrrole nitrogens is 1. The molecule has 0 radical (unpaired) electrons. The largest absolute Gasteiger partial charge is 0.399 e.